The summed E-state index contributed by atoms with van der Waals surface area (Å²) in [5.74, 6) is -1.50. The van der Waals surface area contributed by atoms with E-state index in [4.69, 9.17) is 11.6 Å². The van der Waals surface area contributed by atoms with Crippen molar-refractivity contribution < 1.29 is 27.2 Å². The van der Waals surface area contributed by atoms with Gasteiger partial charge in [-0.1, -0.05) is 23.4 Å². The van der Waals surface area contributed by atoms with Gasteiger partial charge < -0.3 is 10.6 Å². The lowest BCUT2D eigenvalue weighted by Crippen LogP contribution is -2.28. The number of carbonyl (C=O) groups excluding carboxylic acids is 2. The fraction of sp³-hybridized carbons (Fsp3) is 0.174. The molecule has 4 rings (SSSR count). The van der Waals surface area contributed by atoms with Crippen LogP contribution in [-0.2, 0) is 15.8 Å². The molecule has 2 amide bonds. The van der Waals surface area contributed by atoms with E-state index in [0.717, 1.165) is 23.9 Å². The Kier molecular flexibility index (Phi) is 7.64. The molecule has 1 aliphatic rings. The molecule has 1 fully saturated rings. The summed E-state index contributed by atoms with van der Waals surface area (Å²) in [5, 5.41) is 15.9. The number of thioether (sulfide) groups is 1. The number of hydrogen-bond acceptors (Lipinski definition) is 6. The van der Waals surface area contributed by atoms with Crippen molar-refractivity contribution in [1.82, 2.24) is 15.1 Å². The fourth-order valence-corrected chi connectivity index (χ4v) is 4.41. The van der Waals surface area contributed by atoms with E-state index in [9.17, 15) is 27.2 Å². The predicted molar refractivity (Wildman–Crippen MR) is 133 cm³/mol. The van der Waals surface area contributed by atoms with Crippen molar-refractivity contribution in [3.05, 3.63) is 76.3 Å². The first-order valence-electron chi connectivity index (χ1n) is 10.6. The van der Waals surface area contributed by atoms with Crippen LogP contribution in [0.5, 0.6) is 0 Å². The van der Waals surface area contributed by atoms with Gasteiger partial charge in [-0.05, 0) is 49.4 Å². The van der Waals surface area contributed by atoms with Crippen LogP contribution in [-0.4, -0.2) is 38.2 Å². The smallest absolute Gasteiger partial charge is 0.326 e. The Bertz CT molecular complexity index is 1410. The van der Waals surface area contributed by atoms with Crippen molar-refractivity contribution in [3.63, 3.8) is 0 Å². The Morgan fingerprint density at radius 2 is 2.00 bits per heavy atom. The molecular weight excluding hydrogens is 536 g/mol. The standard InChI is InChI=1S/C23H17ClF4N6O2S/c1-12-13(11-34(33-12)16-5-2-14(25)3-6-16)10-29-32-22-31-21(36)19(37-22)9-20(35)30-15-4-7-18(24)17(8-15)23(26,27)28/h2-8,10-11,19H,9H2,1H3,(H,30,35)(H,31,32,36)/b29-10+. The third kappa shape index (κ3) is 6.54. The van der Waals surface area contributed by atoms with E-state index in [-0.39, 0.29) is 23.1 Å². The number of benzene rings is 2. The first kappa shape index (κ1) is 26.4. The number of rotatable bonds is 6. The van der Waals surface area contributed by atoms with Gasteiger partial charge in [-0.2, -0.15) is 23.4 Å². The van der Waals surface area contributed by atoms with Crippen molar-refractivity contribution in [2.45, 2.75) is 24.8 Å². The second kappa shape index (κ2) is 10.7. The first-order valence-corrected chi connectivity index (χ1v) is 11.8. The van der Waals surface area contributed by atoms with Gasteiger partial charge in [-0.15, -0.1) is 5.10 Å². The van der Waals surface area contributed by atoms with E-state index < -0.39 is 33.8 Å². The van der Waals surface area contributed by atoms with Crippen LogP contribution < -0.4 is 10.6 Å². The molecule has 0 radical (unpaired) electrons. The average molecular weight is 553 g/mol. The molecule has 2 N–H and O–H groups in total. The summed E-state index contributed by atoms with van der Waals surface area (Å²) in [6.45, 7) is 1.76. The minimum absolute atomic E-state index is 0.0971. The number of amidine groups is 1. The molecule has 37 heavy (non-hydrogen) atoms. The van der Waals surface area contributed by atoms with E-state index in [0.29, 0.717) is 16.9 Å². The molecule has 14 heteroatoms. The second-order valence-electron chi connectivity index (χ2n) is 7.78. The lowest BCUT2D eigenvalue weighted by Gasteiger charge is -2.12. The number of aromatic nitrogens is 2. The molecule has 0 saturated carbocycles. The van der Waals surface area contributed by atoms with Crippen LogP contribution in [0.4, 0.5) is 23.2 Å². The van der Waals surface area contributed by atoms with Gasteiger partial charge in [-0.3, -0.25) is 9.59 Å². The molecule has 1 aromatic heterocycles. The maximum absolute atomic E-state index is 13.1. The molecule has 1 unspecified atom stereocenters. The molecule has 8 nitrogen and oxygen atoms in total. The summed E-state index contributed by atoms with van der Waals surface area (Å²) in [7, 11) is 0. The van der Waals surface area contributed by atoms with Crippen molar-refractivity contribution in [3.8, 4) is 5.69 Å². The SMILES string of the molecule is Cc1nn(-c2ccc(F)cc2)cc1/C=N/N=C1\NC(=O)C(CC(=O)Nc2ccc(Cl)c(C(F)(F)F)c2)S1. The first-order chi connectivity index (χ1) is 17.5. The Labute approximate surface area is 216 Å². The topological polar surface area (TPSA) is 101 Å². The van der Waals surface area contributed by atoms with Crippen LogP contribution in [0.3, 0.4) is 0 Å². The third-order valence-corrected chi connectivity index (χ3v) is 6.48. The number of amides is 2. The number of nitrogens with zero attached hydrogens (tertiary/aromatic N) is 4. The lowest BCUT2D eigenvalue weighted by atomic mass is 10.2. The Balaban J connectivity index is 1.36. The molecule has 0 aliphatic carbocycles. The van der Waals surface area contributed by atoms with Gasteiger partial charge in [0.05, 0.1) is 28.2 Å². The molecule has 1 saturated heterocycles. The van der Waals surface area contributed by atoms with Gasteiger partial charge in [0.25, 0.3) is 0 Å². The van der Waals surface area contributed by atoms with E-state index in [1.54, 1.807) is 29.9 Å². The van der Waals surface area contributed by atoms with Gasteiger partial charge in [0.15, 0.2) is 5.17 Å². The Morgan fingerprint density at radius 1 is 1.27 bits per heavy atom. The number of anilines is 1. The highest BCUT2D eigenvalue weighted by molar-refractivity contribution is 8.15. The predicted octanol–water partition coefficient (Wildman–Crippen LogP) is 4.94. The number of alkyl halides is 3. The van der Waals surface area contributed by atoms with Crippen molar-refractivity contribution >= 4 is 52.2 Å². The molecule has 2 heterocycles. The van der Waals surface area contributed by atoms with Gasteiger partial charge in [0.2, 0.25) is 11.8 Å². The highest BCUT2D eigenvalue weighted by atomic mass is 35.5. The second-order valence-corrected chi connectivity index (χ2v) is 9.38. The highest BCUT2D eigenvalue weighted by Crippen LogP contribution is 2.36. The lowest BCUT2D eigenvalue weighted by molar-refractivity contribution is -0.137. The fourth-order valence-electron chi connectivity index (χ4n) is 3.26. The van der Waals surface area contributed by atoms with Crippen LogP contribution in [0, 0.1) is 12.7 Å². The molecule has 3 aromatic rings. The van der Waals surface area contributed by atoms with Crippen molar-refractivity contribution in [1.29, 1.82) is 0 Å². The molecule has 192 valence electrons. The summed E-state index contributed by atoms with van der Waals surface area (Å²) in [5.41, 5.74) is 0.760. The molecule has 2 aromatic carbocycles. The average Bonchev–Trinajstić information content (AvgIpc) is 3.36. The van der Waals surface area contributed by atoms with Crippen molar-refractivity contribution in [2.75, 3.05) is 5.32 Å². The summed E-state index contributed by atoms with van der Waals surface area (Å²) in [6, 6.07) is 8.78. The van der Waals surface area contributed by atoms with Gasteiger partial charge in [0.1, 0.15) is 11.1 Å². The van der Waals surface area contributed by atoms with E-state index in [1.807, 2.05) is 0 Å². The molecule has 1 aliphatic heterocycles. The zero-order valence-electron chi connectivity index (χ0n) is 18.9. The van der Waals surface area contributed by atoms with E-state index in [1.165, 1.54) is 24.4 Å². The number of aryl methyl sites for hydroxylation is 1. The minimum atomic E-state index is -4.68. The Hall–Kier alpha value is -3.71. The zero-order valence-corrected chi connectivity index (χ0v) is 20.5. The Morgan fingerprint density at radius 3 is 2.70 bits per heavy atom. The number of hydrogen-bond donors (Lipinski definition) is 2. The van der Waals surface area contributed by atoms with Crippen LogP contribution >= 0.6 is 23.4 Å². The van der Waals surface area contributed by atoms with E-state index in [2.05, 4.69) is 25.9 Å². The largest absolute Gasteiger partial charge is 0.417 e. The molecule has 1 atom stereocenters. The molecule has 0 spiro atoms. The monoisotopic (exact) mass is 552 g/mol. The zero-order chi connectivity index (χ0) is 26.7. The summed E-state index contributed by atoms with van der Waals surface area (Å²) in [4.78, 5) is 24.5. The summed E-state index contributed by atoms with van der Waals surface area (Å²) < 4.78 is 53.7. The molecular formula is C23H17ClF4N6O2S. The molecule has 0 bridgehead atoms. The highest BCUT2D eigenvalue weighted by Gasteiger charge is 2.34. The van der Waals surface area contributed by atoms with Crippen LogP contribution in [0.1, 0.15) is 23.2 Å². The quantitative estimate of drug-likeness (QED) is 0.257. The number of nitrogens with one attached hydrogen (secondary N) is 2. The minimum Gasteiger partial charge on any atom is -0.326 e. The summed E-state index contributed by atoms with van der Waals surface area (Å²) >= 11 is 6.55. The maximum Gasteiger partial charge on any atom is 0.417 e. The summed E-state index contributed by atoms with van der Waals surface area (Å²) in [6.07, 6.45) is -1.86. The maximum atomic E-state index is 13.1. The van der Waals surface area contributed by atoms with Gasteiger partial charge in [0, 0.05) is 23.9 Å². The number of halogens is 5. The normalized spacial score (nSPS) is 17.0. The van der Waals surface area contributed by atoms with Crippen molar-refractivity contribution in [2.24, 2.45) is 10.2 Å². The van der Waals surface area contributed by atoms with Crippen LogP contribution in [0.25, 0.3) is 5.69 Å². The van der Waals surface area contributed by atoms with Gasteiger partial charge in [-0.25, -0.2) is 9.07 Å². The van der Waals surface area contributed by atoms with Crippen LogP contribution in [0.15, 0.2) is 58.9 Å². The third-order valence-electron chi connectivity index (χ3n) is 5.08. The van der Waals surface area contributed by atoms with E-state index >= 15 is 0 Å². The number of carbonyl (C=O) groups is 2. The van der Waals surface area contributed by atoms with Crippen LogP contribution in [0.2, 0.25) is 5.02 Å². The van der Waals surface area contributed by atoms with Gasteiger partial charge >= 0.3 is 6.18 Å².